The van der Waals surface area contributed by atoms with Crippen LogP contribution in [-0.2, 0) is 11.0 Å². The molecule has 0 N–H and O–H groups in total. The highest BCUT2D eigenvalue weighted by molar-refractivity contribution is 6.09. The van der Waals surface area contributed by atoms with Crippen LogP contribution in [0.1, 0.15) is 54.5 Å². The largest absolute Gasteiger partial charge is 0.493 e. The van der Waals surface area contributed by atoms with Crippen LogP contribution in [0, 0.1) is 5.82 Å². The molecular formula is C54H43FN2O3. The maximum absolute atomic E-state index is 14.7. The quantitative estimate of drug-likeness (QED) is 0.146. The third kappa shape index (κ3) is 5.73. The first-order valence-electron chi connectivity index (χ1n) is 20.5. The number of ether oxygens (including phenoxy) is 3. The first-order valence-corrected chi connectivity index (χ1v) is 20.5. The molecule has 0 saturated carbocycles. The Morgan fingerprint density at radius 1 is 0.600 bits per heavy atom. The number of rotatable bonds is 9. The standard InChI is InChI=1S/C54H43FN2O3/c1-5-53(6-2)44-20-14-13-19-40(44)49-42-31-47(58-3)48(59-4)32-43(42)51-41(50(49)53)29-30-54(60-51,38-25-27-39(55)28-26-38)37-23-21-36(22-24-37)52-56-45(34-15-9-7-10-16-34)33-46(57-52)35-17-11-8-12-18-35/h7-33H,5-6H2,1-4H3. The lowest BCUT2D eigenvalue weighted by atomic mass is 9.71. The Labute approximate surface area is 349 Å². The zero-order chi connectivity index (χ0) is 41.0. The summed E-state index contributed by atoms with van der Waals surface area (Å²) in [5, 5.41) is 1.94. The molecule has 2 heterocycles. The van der Waals surface area contributed by atoms with Gasteiger partial charge in [-0.2, -0.15) is 0 Å². The van der Waals surface area contributed by atoms with Gasteiger partial charge in [0, 0.05) is 44.2 Å². The van der Waals surface area contributed by atoms with Gasteiger partial charge < -0.3 is 14.2 Å². The number of halogens is 1. The molecule has 0 spiro atoms. The number of hydrogen-bond donors (Lipinski definition) is 0. The fourth-order valence-corrected chi connectivity index (χ4v) is 9.61. The van der Waals surface area contributed by atoms with Crippen LogP contribution in [-0.4, -0.2) is 24.2 Å². The topological polar surface area (TPSA) is 53.5 Å². The van der Waals surface area contributed by atoms with E-state index in [0.29, 0.717) is 17.3 Å². The molecule has 1 atom stereocenters. The first kappa shape index (κ1) is 37.2. The molecule has 8 aromatic rings. The van der Waals surface area contributed by atoms with Crippen LogP contribution in [0.25, 0.3) is 61.9 Å². The van der Waals surface area contributed by atoms with Crippen molar-refractivity contribution in [2.24, 2.45) is 0 Å². The Morgan fingerprint density at radius 3 is 1.73 bits per heavy atom. The first-order chi connectivity index (χ1) is 29.4. The van der Waals surface area contributed by atoms with Gasteiger partial charge in [-0.3, -0.25) is 0 Å². The van der Waals surface area contributed by atoms with Gasteiger partial charge in [0.2, 0.25) is 0 Å². The molecule has 1 aliphatic carbocycles. The van der Waals surface area contributed by atoms with Gasteiger partial charge in [-0.25, -0.2) is 14.4 Å². The number of benzene rings is 7. The number of methoxy groups -OCH3 is 2. The van der Waals surface area contributed by atoms with Gasteiger partial charge in [-0.1, -0.05) is 141 Å². The third-order valence-corrected chi connectivity index (χ3v) is 12.7. The summed E-state index contributed by atoms with van der Waals surface area (Å²) in [7, 11) is 3.33. The molecule has 1 aliphatic heterocycles. The Morgan fingerprint density at radius 2 is 1.15 bits per heavy atom. The van der Waals surface area contributed by atoms with Crippen LogP contribution in [0.4, 0.5) is 4.39 Å². The van der Waals surface area contributed by atoms with E-state index in [0.717, 1.165) is 74.1 Å². The Balaban J connectivity index is 1.18. The molecule has 10 rings (SSSR count). The smallest absolute Gasteiger partial charge is 0.178 e. The molecule has 0 radical (unpaired) electrons. The molecule has 5 nitrogen and oxygen atoms in total. The molecule has 7 aromatic carbocycles. The summed E-state index contributed by atoms with van der Waals surface area (Å²) in [6.07, 6.45) is 6.20. The zero-order valence-corrected chi connectivity index (χ0v) is 34.0. The molecule has 0 bridgehead atoms. The molecule has 2 aliphatic rings. The monoisotopic (exact) mass is 786 g/mol. The maximum Gasteiger partial charge on any atom is 0.178 e. The van der Waals surface area contributed by atoms with Crippen LogP contribution in [0.2, 0.25) is 0 Å². The summed E-state index contributed by atoms with van der Waals surface area (Å²) in [5.41, 5.74) is 10.9. The normalized spacial score (nSPS) is 15.8. The van der Waals surface area contributed by atoms with E-state index in [1.807, 2.05) is 60.7 Å². The molecule has 0 fully saturated rings. The number of aromatic nitrogens is 2. The van der Waals surface area contributed by atoms with E-state index in [-0.39, 0.29) is 11.2 Å². The summed E-state index contributed by atoms with van der Waals surface area (Å²) in [5.74, 6) is 2.29. The highest BCUT2D eigenvalue weighted by Gasteiger charge is 2.47. The summed E-state index contributed by atoms with van der Waals surface area (Å²) >= 11 is 0. The van der Waals surface area contributed by atoms with Crippen molar-refractivity contribution in [1.29, 1.82) is 0 Å². The zero-order valence-electron chi connectivity index (χ0n) is 34.0. The van der Waals surface area contributed by atoms with Gasteiger partial charge in [0.25, 0.3) is 0 Å². The fraction of sp³-hybridized carbons (Fsp3) is 0.148. The molecular weight excluding hydrogens is 744 g/mol. The van der Waals surface area contributed by atoms with E-state index in [2.05, 4.69) is 105 Å². The van der Waals surface area contributed by atoms with Gasteiger partial charge in [0.1, 0.15) is 11.6 Å². The number of hydrogen-bond acceptors (Lipinski definition) is 5. The van der Waals surface area contributed by atoms with Crippen LogP contribution >= 0.6 is 0 Å². The number of fused-ring (bicyclic) bond motifs is 8. The van der Waals surface area contributed by atoms with Crippen molar-refractivity contribution >= 4 is 16.8 Å². The van der Waals surface area contributed by atoms with Crippen molar-refractivity contribution in [3.63, 3.8) is 0 Å². The SMILES string of the molecule is CCC1(CC)c2ccccc2-c2c1c1c(c3cc(OC)c(OC)cc23)OC(c2ccc(F)cc2)(c2ccc(-c3nc(-c4ccccc4)cc(-c4ccccc4)n3)cc2)C=C1. The van der Waals surface area contributed by atoms with E-state index >= 15 is 0 Å². The van der Waals surface area contributed by atoms with E-state index in [1.54, 1.807) is 14.2 Å². The summed E-state index contributed by atoms with van der Waals surface area (Å²) < 4.78 is 34.1. The minimum Gasteiger partial charge on any atom is -0.493 e. The minimum atomic E-state index is -1.12. The molecule has 1 unspecified atom stereocenters. The van der Waals surface area contributed by atoms with Crippen molar-refractivity contribution in [3.8, 4) is 62.3 Å². The molecule has 6 heteroatoms. The van der Waals surface area contributed by atoms with Gasteiger partial charge in [-0.15, -0.1) is 0 Å². The van der Waals surface area contributed by atoms with Crippen molar-refractivity contribution in [3.05, 3.63) is 191 Å². The third-order valence-electron chi connectivity index (χ3n) is 12.7. The predicted octanol–water partition coefficient (Wildman–Crippen LogP) is 13.2. The van der Waals surface area contributed by atoms with Gasteiger partial charge in [0.05, 0.1) is 25.6 Å². The number of nitrogens with zero attached hydrogens (tertiary/aromatic N) is 2. The highest BCUT2D eigenvalue weighted by atomic mass is 19.1. The van der Waals surface area contributed by atoms with Gasteiger partial charge in [0.15, 0.2) is 22.9 Å². The second kappa shape index (κ2) is 14.6. The van der Waals surface area contributed by atoms with Crippen LogP contribution in [0.5, 0.6) is 17.2 Å². The average Bonchev–Trinajstić information content (AvgIpc) is 3.62. The summed E-state index contributed by atoms with van der Waals surface area (Å²) in [6, 6.07) is 50.2. The Hall–Kier alpha value is -7.05. The van der Waals surface area contributed by atoms with Gasteiger partial charge >= 0.3 is 0 Å². The Kier molecular flexibility index (Phi) is 9.09. The molecule has 0 saturated heterocycles. The summed E-state index contributed by atoms with van der Waals surface area (Å²) in [4.78, 5) is 10.2. The van der Waals surface area contributed by atoms with Crippen molar-refractivity contribution in [2.75, 3.05) is 14.2 Å². The molecule has 294 valence electrons. The van der Waals surface area contributed by atoms with Crippen LogP contribution in [0.15, 0.2) is 158 Å². The van der Waals surface area contributed by atoms with Crippen molar-refractivity contribution in [1.82, 2.24) is 9.97 Å². The van der Waals surface area contributed by atoms with E-state index < -0.39 is 5.60 Å². The van der Waals surface area contributed by atoms with E-state index in [4.69, 9.17) is 24.2 Å². The molecule has 0 amide bonds. The molecule has 1 aromatic heterocycles. The second-order valence-electron chi connectivity index (χ2n) is 15.5. The lowest BCUT2D eigenvalue weighted by molar-refractivity contribution is 0.163. The van der Waals surface area contributed by atoms with Crippen LogP contribution in [0.3, 0.4) is 0 Å². The lowest BCUT2D eigenvalue weighted by Gasteiger charge is -2.39. The maximum atomic E-state index is 14.7. The summed E-state index contributed by atoms with van der Waals surface area (Å²) in [6.45, 7) is 4.56. The van der Waals surface area contributed by atoms with Gasteiger partial charge in [-0.05, 0) is 76.9 Å². The van der Waals surface area contributed by atoms with Crippen LogP contribution < -0.4 is 14.2 Å². The lowest BCUT2D eigenvalue weighted by Crippen LogP contribution is -2.35. The highest BCUT2D eigenvalue weighted by Crippen LogP contribution is 2.61. The van der Waals surface area contributed by atoms with E-state index in [9.17, 15) is 4.39 Å². The van der Waals surface area contributed by atoms with E-state index in [1.165, 1.54) is 34.4 Å². The predicted molar refractivity (Wildman–Crippen MR) is 239 cm³/mol. The van der Waals surface area contributed by atoms with Crippen molar-refractivity contribution in [2.45, 2.75) is 37.7 Å². The minimum absolute atomic E-state index is 0.241. The molecule has 60 heavy (non-hydrogen) atoms. The second-order valence-corrected chi connectivity index (χ2v) is 15.5. The Bertz CT molecular complexity index is 2880. The fourth-order valence-electron chi connectivity index (χ4n) is 9.61. The van der Waals surface area contributed by atoms with Crippen molar-refractivity contribution < 1.29 is 18.6 Å². The average molecular weight is 787 g/mol.